The van der Waals surface area contributed by atoms with Crippen molar-refractivity contribution in [1.82, 2.24) is 9.80 Å². The second-order valence-electron chi connectivity index (χ2n) is 7.79. The maximum absolute atomic E-state index is 14.0. The van der Waals surface area contributed by atoms with Crippen LogP contribution in [0.4, 0.5) is 8.78 Å². The van der Waals surface area contributed by atoms with Crippen molar-refractivity contribution < 1.29 is 8.78 Å². The lowest BCUT2D eigenvalue weighted by Gasteiger charge is -2.40. The molecule has 26 heavy (non-hydrogen) atoms. The first-order valence-electron chi connectivity index (χ1n) is 9.56. The molecule has 4 rings (SSSR count). The smallest absolute Gasteiger partial charge is 0.123 e. The molecule has 0 radical (unpaired) electrons. The Bertz CT molecular complexity index is 764. The highest BCUT2D eigenvalue weighted by molar-refractivity contribution is 5.45. The van der Waals surface area contributed by atoms with Crippen molar-refractivity contribution in [3.8, 4) is 0 Å². The number of halogens is 2. The van der Waals surface area contributed by atoms with Crippen LogP contribution < -0.4 is 0 Å². The summed E-state index contributed by atoms with van der Waals surface area (Å²) in [5.41, 5.74) is 3.41. The normalized spacial score (nSPS) is 24.2. The van der Waals surface area contributed by atoms with Crippen LogP contribution in [-0.2, 0) is 0 Å². The monoisotopic (exact) mass is 356 g/mol. The van der Waals surface area contributed by atoms with Gasteiger partial charge in [0, 0.05) is 44.2 Å². The van der Waals surface area contributed by atoms with Crippen LogP contribution >= 0.6 is 0 Å². The Hall–Kier alpha value is -1.78. The lowest BCUT2D eigenvalue weighted by atomic mass is 9.93. The Morgan fingerprint density at radius 1 is 0.846 bits per heavy atom. The summed E-state index contributed by atoms with van der Waals surface area (Å²) >= 11 is 0. The number of benzene rings is 2. The van der Waals surface area contributed by atoms with Crippen molar-refractivity contribution >= 4 is 0 Å². The summed E-state index contributed by atoms with van der Waals surface area (Å²) in [6.45, 7) is 8.60. The molecule has 2 aliphatic rings. The fraction of sp³-hybridized carbons (Fsp3) is 0.455. The predicted octanol–water partition coefficient (Wildman–Crippen LogP) is 4.57. The van der Waals surface area contributed by atoms with E-state index in [1.807, 2.05) is 18.2 Å². The molecule has 0 saturated carbocycles. The van der Waals surface area contributed by atoms with Crippen LogP contribution in [0.2, 0.25) is 0 Å². The molecule has 0 N–H and O–H groups in total. The van der Waals surface area contributed by atoms with Gasteiger partial charge in [0.2, 0.25) is 0 Å². The predicted molar refractivity (Wildman–Crippen MR) is 100 cm³/mol. The minimum Gasteiger partial charge on any atom is -0.298 e. The first-order valence-corrected chi connectivity index (χ1v) is 9.56. The van der Waals surface area contributed by atoms with E-state index in [2.05, 4.69) is 23.6 Å². The molecule has 0 amide bonds. The fourth-order valence-corrected chi connectivity index (χ4v) is 4.55. The molecular weight excluding hydrogens is 330 g/mol. The Morgan fingerprint density at radius 2 is 1.50 bits per heavy atom. The van der Waals surface area contributed by atoms with E-state index < -0.39 is 0 Å². The van der Waals surface area contributed by atoms with Gasteiger partial charge < -0.3 is 0 Å². The van der Waals surface area contributed by atoms with Crippen molar-refractivity contribution in [2.75, 3.05) is 26.2 Å². The average Bonchev–Trinajstić information content (AvgIpc) is 3.01. The van der Waals surface area contributed by atoms with Gasteiger partial charge in [0.05, 0.1) is 0 Å². The summed E-state index contributed by atoms with van der Waals surface area (Å²) in [6.07, 6.45) is 0.937. The fourth-order valence-electron chi connectivity index (χ4n) is 4.55. The van der Waals surface area contributed by atoms with E-state index in [0.717, 1.165) is 43.7 Å². The Labute approximate surface area is 154 Å². The van der Waals surface area contributed by atoms with Crippen molar-refractivity contribution in [1.29, 1.82) is 0 Å². The van der Waals surface area contributed by atoms with Crippen molar-refractivity contribution in [3.05, 3.63) is 70.8 Å². The molecule has 2 aromatic carbocycles. The maximum Gasteiger partial charge on any atom is 0.123 e. The van der Waals surface area contributed by atoms with Gasteiger partial charge in [-0.15, -0.1) is 0 Å². The Balaban J connectivity index is 1.61. The zero-order chi connectivity index (χ0) is 18.3. The number of hydrogen-bond acceptors (Lipinski definition) is 2. The number of fused-ring (bicyclic) bond motifs is 1. The van der Waals surface area contributed by atoms with Gasteiger partial charge in [-0.3, -0.25) is 9.80 Å². The van der Waals surface area contributed by atoms with E-state index in [9.17, 15) is 8.78 Å². The summed E-state index contributed by atoms with van der Waals surface area (Å²) in [6, 6.07) is 12.8. The van der Waals surface area contributed by atoms with E-state index in [-0.39, 0.29) is 23.6 Å². The summed E-state index contributed by atoms with van der Waals surface area (Å²) in [4.78, 5) is 5.00. The molecule has 138 valence electrons. The molecule has 1 aliphatic carbocycles. The summed E-state index contributed by atoms with van der Waals surface area (Å²) in [7, 11) is 0. The molecule has 2 nitrogen and oxygen atoms in total. The minimum atomic E-state index is -0.215. The zero-order valence-corrected chi connectivity index (χ0v) is 15.5. The van der Waals surface area contributed by atoms with Gasteiger partial charge in [-0.2, -0.15) is 0 Å². The molecule has 1 aliphatic heterocycles. The quantitative estimate of drug-likeness (QED) is 0.795. The highest BCUT2D eigenvalue weighted by atomic mass is 19.1. The molecule has 0 spiro atoms. The lowest BCUT2D eigenvalue weighted by Crippen LogP contribution is -2.49. The van der Waals surface area contributed by atoms with Gasteiger partial charge in [0.15, 0.2) is 0 Å². The molecule has 1 fully saturated rings. The molecule has 0 aromatic heterocycles. The minimum absolute atomic E-state index is 0.172. The third kappa shape index (κ3) is 3.28. The van der Waals surface area contributed by atoms with Crippen molar-refractivity contribution in [3.63, 3.8) is 0 Å². The highest BCUT2D eigenvalue weighted by Gasteiger charge is 2.36. The standard InChI is InChI=1S/C22H26F2N2/c1-15(2)25-9-11-26(12-10-25)22-14-20(16-3-5-17(23)6-4-16)19-8-7-18(24)13-21(19)22/h3-8,13,15,20,22H,9-12,14H2,1-2H3. The SMILES string of the molecule is CC(C)N1CCN(C2CC(c3ccc(F)cc3)c3ccc(F)cc32)CC1. The first kappa shape index (κ1) is 17.6. The number of hydrogen-bond donors (Lipinski definition) is 0. The second-order valence-corrected chi connectivity index (χ2v) is 7.79. The van der Waals surface area contributed by atoms with Crippen LogP contribution in [0.25, 0.3) is 0 Å². The summed E-state index contributed by atoms with van der Waals surface area (Å²) < 4.78 is 27.3. The van der Waals surface area contributed by atoms with E-state index >= 15 is 0 Å². The largest absolute Gasteiger partial charge is 0.298 e. The van der Waals surface area contributed by atoms with Crippen LogP contribution in [-0.4, -0.2) is 42.0 Å². The van der Waals surface area contributed by atoms with Gasteiger partial charge in [0.1, 0.15) is 11.6 Å². The average molecular weight is 356 g/mol. The van der Waals surface area contributed by atoms with Crippen molar-refractivity contribution in [2.24, 2.45) is 0 Å². The van der Waals surface area contributed by atoms with Gasteiger partial charge in [0.25, 0.3) is 0 Å². The van der Waals surface area contributed by atoms with E-state index in [1.165, 1.54) is 17.7 Å². The molecule has 1 heterocycles. The van der Waals surface area contributed by atoms with Gasteiger partial charge in [-0.1, -0.05) is 18.2 Å². The summed E-state index contributed by atoms with van der Waals surface area (Å²) in [5, 5.41) is 0. The molecule has 2 aromatic rings. The lowest BCUT2D eigenvalue weighted by molar-refractivity contribution is 0.0771. The topological polar surface area (TPSA) is 6.48 Å². The molecule has 4 heteroatoms. The Morgan fingerprint density at radius 3 is 2.15 bits per heavy atom. The third-order valence-electron chi connectivity index (χ3n) is 6.03. The maximum atomic E-state index is 14.0. The molecule has 1 saturated heterocycles. The molecule has 2 atom stereocenters. The van der Waals surface area contributed by atoms with Crippen LogP contribution in [0, 0.1) is 11.6 Å². The second kappa shape index (κ2) is 7.09. The van der Waals surface area contributed by atoms with E-state index in [1.54, 1.807) is 12.1 Å². The number of piperazine rings is 1. The Kier molecular flexibility index (Phi) is 4.80. The number of nitrogens with zero attached hydrogens (tertiary/aromatic N) is 2. The van der Waals surface area contributed by atoms with Gasteiger partial charge in [-0.25, -0.2) is 8.78 Å². The van der Waals surface area contributed by atoms with Crippen LogP contribution in [0.1, 0.15) is 48.9 Å². The van der Waals surface area contributed by atoms with Crippen LogP contribution in [0.15, 0.2) is 42.5 Å². The van der Waals surface area contributed by atoms with E-state index in [4.69, 9.17) is 0 Å². The first-order chi connectivity index (χ1) is 12.5. The van der Waals surface area contributed by atoms with Gasteiger partial charge in [-0.05, 0) is 61.2 Å². The van der Waals surface area contributed by atoms with E-state index in [0.29, 0.717) is 6.04 Å². The number of rotatable bonds is 3. The zero-order valence-electron chi connectivity index (χ0n) is 15.5. The summed E-state index contributed by atoms with van der Waals surface area (Å²) in [5.74, 6) is -0.180. The van der Waals surface area contributed by atoms with Gasteiger partial charge >= 0.3 is 0 Å². The highest BCUT2D eigenvalue weighted by Crippen LogP contribution is 2.47. The van der Waals surface area contributed by atoms with Crippen molar-refractivity contribution in [2.45, 2.75) is 38.3 Å². The van der Waals surface area contributed by atoms with Crippen LogP contribution in [0.5, 0.6) is 0 Å². The molecular formula is C22H26F2N2. The van der Waals surface area contributed by atoms with Crippen LogP contribution in [0.3, 0.4) is 0 Å². The molecule has 0 bridgehead atoms. The third-order valence-corrected chi connectivity index (χ3v) is 6.03. The molecule has 2 unspecified atom stereocenters.